The number of benzene rings is 1. The lowest BCUT2D eigenvalue weighted by Crippen LogP contribution is -2.68. The van der Waals surface area contributed by atoms with Gasteiger partial charge in [0.1, 0.15) is 18.8 Å². The SMILES string of the molecule is CC(=O)OC[C@H]1O[C@@H](OC(=N)C(Cl)(Cl)Cl)[C@H](N2C(=O)c3c(Cl)c(Cl)c(Cl)c(Cl)c3C2=O)[C@@H](OC(C)=O)[C@@H]1OC(C)=O. The van der Waals surface area contributed by atoms with E-state index in [4.69, 9.17) is 110 Å². The van der Waals surface area contributed by atoms with E-state index >= 15 is 0 Å². The van der Waals surface area contributed by atoms with Crippen molar-refractivity contribution in [3.63, 3.8) is 0 Å². The van der Waals surface area contributed by atoms with E-state index in [0.29, 0.717) is 4.90 Å². The molecule has 0 aromatic heterocycles. The molecule has 224 valence electrons. The number of fused-ring (bicyclic) bond motifs is 1. The molecule has 1 saturated heterocycles. The van der Waals surface area contributed by atoms with Crippen molar-refractivity contribution in [3.8, 4) is 0 Å². The first kappa shape index (κ1) is 33.7. The molecule has 1 aromatic carbocycles. The molecule has 2 aliphatic heterocycles. The van der Waals surface area contributed by atoms with E-state index in [-0.39, 0.29) is 10.0 Å². The van der Waals surface area contributed by atoms with Crippen LogP contribution in [0.4, 0.5) is 0 Å². The maximum atomic E-state index is 13.7. The Kier molecular flexibility index (Phi) is 10.6. The van der Waals surface area contributed by atoms with Crippen molar-refractivity contribution in [2.45, 2.75) is 55.2 Å². The summed E-state index contributed by atoms with van der Waals surface area (Å²) in [5, 5.41) is 6.55. The van der Waals surface area contributed by atoms with E-state index in [1.165, 1.54) is 0 Å². The summed E-state index contributed by atoms with van der Waals surface area (Å²) in [6, 6.07) is -1.86. The van der Waals surface area contributed by atoms with Crippen LogP contribution in [0.15, 0.2) is 0 Å². The minimum absolute atomic E-state index is 0.332. The Bertz CT molecular complexity index is 1290. The van der Waals surface area contributed by atoms with Crippen LogP contribution in [0.25, 0.3) is 0 Å². The number of ether oxygens (including phenoxy) is 5. The first-order valence-corrected chi connectivity index (χ1v) is 13.7. The van der Waals surface area contributed by atoms with Gasteiger partial charge >= 0.3 is 17.9 Å². The third-order valence-electron chi connectivity index (χ3n) is 5.59. The summed E-state index contributed by atoms with van der Waals surface area (Å²) in [6.45, 7) is 2.46. The van der Waals surface area contributed by atoms with Crippen molar-refractivity contribution in [1.29, 1.82) is 5.41 Å². The lowest BCUT2D eigenvalue weighted by Gasteiger charge is -2.47. The molecular formula is C22H17Cl7N2O10. The topological polar surface area (TPSA) is 159 Å². The zero-order valence-corrected chi connectivity index (χ0v) is 26.1. The number of amides is 2. The Morgan fingerprint density at radius 2 is 1.27 bits per heavy atom. The normalized spacial score (nSPS) is 24.0. The van der Waals surface area contributed by atoms with Gasteiger partial charge in [-0.2, -0.15) is 0 Å². The second-order valence-corrected chi connectivity index (χ2v) is 12.2. The number of imide groups is 1. The van der Waals surface area contributed by atoms with Crippen molar-refractivity contribution in [2.75, 3.05) is 6.61 Å². The standard InChI is InChI=1S/C22H17Cl7N2O10/c1-5(32)37-4-8-16(38-6(2)33)17(39-7(3)34)15(20(40-8)41-21(30)22(27,28)29)31-18(35)9-10(19(31)36)12(24)14(26)13(25)11(9)23/h8,15-17,20,30H,4H2,1-3H3/t8-,15-,16-,17-,20+/m1/s1. The molecule has 1 aromatic rings. The smallest absolute Gasteiger partial charge is 0.303 e. The van der Waals surface area contributed by atoms with Gasteiger partial charge in [-0.05, 0) is 0 Å². The molecule has 2 amide bonds. The molecule has 0 aliphatic carbocycles. The molecule has 0 spiro atoms. The van der Waals surface area contributed by atoms with Crippen LogP contribution in [0, 0.1) is 5.41 Å². The number of esters is 3. The Morgan fingerprint density at radius 1 is 0.805 bits per heavy atom. The molecule has 0 bridgehead atoms. The second kappa shape index (κ2) is 12.8. The first-order chi connectivity index (χ1) is 18.9. The number of nitrogens with zero attached hydrogens (tertiary/aromatic N) is 1. The summed E-state index contributed by atoms with van der Waals surface area (Å²) in [5.74, 6) is -5.96. The highest BCUT2D eigenvalue weighted by molar-refractivity contribution is 6.76. The quantitative estimate of drug-likeness (QED) is 0.0635. The van der Waals surface area contributed by atoms with Crippen LogP contribution < -0.4 is 0 Å². The van der Waals surface area contributed by atoms with Crippen molar-refractivity contribution in [1.82, 2.24) is 4.90 Å². The predicted molar refractivity (Wildman–Crippen MR) is 146 cm³/mol. The number of hydrogen-bond acceptors (Lipinski definition) is 11. The fraction of sp³-hybridized carbons (Fsp3) is 0.455. The van der Waals surface area contributed by atoms with Gasteiger partial charge in [0.25, 0.3) is 15.6 Å². The van der Waals surface area contributed by atoms with Crippen molar-refractivity contribution in [3.05, 3.63) is 31.2 Å². The minimum atomic E-state index is -2.47. The lowest BCUT2D eigenvalue weighted by molar-refractivity contribution is -0.268. The summed E-state index contributed by atoms with van der Waals surface area (Å²) < 4.78 is 24.5. The third kappa shape index (κ3) is 6.91. The Balaban J connectivity index is 2.25. The Labute approximate surface area is 266 Å². The van der Waals surface area contributed by atoms with E-state index in [0.717, 1.165) is 20.8 Å². The van der Waals surface area contributed by atoms with Crippen molar-refractivity contribution >= 4 is 117 Å². The molecule has 1 fully saturated rings. The Hall–Kier alpha value is -1.77. The fourth-order valence-electron chi connectivity index (χ4n) is 4.07. The van der Waals surface area contributed by atoms with Crippen molar-refractivity contribution < 1.29 is 47.7 Å². The van der Waals surface area contributed by atoms with Gasteiger partial charge in [0.05, 0.1) is 31.2 Å². The number of nitrogens with one attached hydrogen (secondary N) is 1. The zero-order chi connectivity index (χ0) is 31.1. The molecule has 0 radical (unpaired) electrons. The van der Waals surface area contributed by atoms with Gasteiger partial charge in [-0.15, -0.1) is 0 Å². The van der Waals surface area contributed by atoms with Crippen LogP contribution in [0.5, 0.6) is 0 Å². The predicted octanol–water partition coefficient (Wildman–Crippen LogP) is 4.78. The molecule has 12 nitrogen and oxygen atoms in total. The fourth-order valence-corrected chi connectivity index (χ4v) is 5.22. The number of carbonyl (C=O) groups excluding carboxylic acids is 5. The highest BCUT2D eigenvalue weighted by Crippen LogP contribution is 2.46. The van der Waals surface area contributed by atoms with Gasteiger partial charge in [-0.25, -0.2) is 0 Å². The van der Waals surface area contributed by atoms with E-state index in [1.807, 2.05) is 0 Å². The van der Waals surface area contributed by atoms with Crippen LogP contribution in [-0.4, -0.2) is 81.6 Å². The van der Waals surface area contributed by atoms with Gasteiger partial charge in [0.2, 0.25) is 12.2 Å². The summed E-state index contributed by atoms with van der Waals surface area (Å²) in [4.78, 5) is 63.8. The van der Waals surface area contributed by atoms with Gasteiger partial charge in [0.15, 0.2) is 12.2 Å². The van der Waals surface area contributed by atoms with Gasteiger partial charge in [-0.3, -0.25) is 34.3 Å². The molecule has 41 heavy (non-hydrogen) atoms. The van der Waals surface area contributed by atoms with Gasteiger partial charge < -0.3 is 23.7 Å². The molecule has 0 saturated carbocycles. The zero-order valence-electron chi connectivity index (χ0n) is 20.8. The number of halogens is 7. The van der Waals surface area contributed by atoms with Crippen LogP contribution in [0.3, 0.4) is 0 Å². The molecule has 0 unspecified atom stereocenters. The minimum Gasteiger partial charge on any atom is -0.463 e. The number of alkyl halides is 3. The second-order valence-electron chi connectivity index (χ2n) is 8.42. The van der Waals surface area contributed by atoms with Crippen LogP contribution in [0.2, 0.25) is 20.1 Å². The monoisotopic (exact) mass is 714 g/mol. The third-order valence-corrected chi connectivity index (χ3v) is 7.91. The van der Waals surface area contributed by atoms with Gasteiger partial charge in [-0.1, -0.05) is 81.2 Å². The largest absolute Gasteiger partial charge is 0.463 e. The number of rotatable bonds is 6. The van der Waals surface area contributed by atoms with E-state index < -0.39 is 97.8 Å². The lowest BCUT2D eigenvalue weighted by atomic mass is 9.94. The molecule has 1 N–H and O–H groups in total. The summed E-state index contributed by atoms with van der Waals surface area (Å²) >= 11 is 42.0. The Morgan fingerprint density at radius 3 is 1.68 bits per heavy atom. The average molecular weight is 718 g/mol. The van der Waals surface area contributed by atoms with E-state index in [1.54, 1.807) is 0 Å². The van der Waals surface area contributed by atoms with Crippen LogP contribution >= 0.6 is 81.2 Å². The van der Waals surface area contributed by atoms with Gasteiger partial charge in [0, 0.05) is 20.8 Å². The van der Waals surface area contributed by atoms with Crippen LogP contribution in [-0.2, 0) is 38.1 Å². The van der Waals surface area contributed by atoms with Crippen molar-refractivity contribution in [2.24, 2.45) is 0 Å². The summed E-state index contributed by atoms with van der Waals surface area (Å²) in [5.41, 5.74) is -0.919. The molecule has 5 atom stereocenters. The number of carbonyl (C=O) groups is 5. The number of hydrogen-bond donors (Lipinski definition) is 1. The molecular weight excluding hydrogens is 700 g/mol. The molecule has 3 rings (SSSR count). The average Bonchev–Trinajstić information content (AvgIpc) is 3.10. The molecule has 19 heteroatoms. The van der Waals surface area contributed by atoms with E-state index in [2.05, 4.69) is 0 Å². The summed E-state index contributed by atoms with van der Waals surface area (Å²) in [7, 11) is 0. The maximum Gasteiger partial charge on any atom is 0.303 e. The highest BCUT2D eigenvalue weighted by atomic mass is 35.6. The molecule has 2 aliphatic rings. The maximum absolute atomic E-state index is 13.7. The highest BCUT2D eigenvalue weighted by Gasteiger charge is 2.59. The molecule has 2 heterocycles. The summed E-state index contributed by atoms with van der Waals surface area (Å²) in [6.07, 6.45) is -6.81. The van der Waals surface area contributed by atoms with E-state index in [9.17, 15) is 24.0 Å². The van der Waals surface area contributed by atoms with Crippen LogP contribution in [0.1, 0.15) is 41.5 Å². The first-order valence-electron chi connectivity index (χ1n) is 11.1.